The molecule has 20 heavy (non-hydrogen) atoms. The Morgan fingerprint density at radius 3 is 2.70 bits per heavy atom. The molecule has 0 radical (unpaired) electrons. The monoisotopic (exact) mass is 274 g/mol. The Morgan fingerprint density at radius 1 is 1.30 bits per heavy atom. The Bertz CT molecular complexity index is 445. The number of nitrogens with zero attached hydrogens (tertiary/aromatic N) is 1. The molecule has 1 N–H and O–H groups in total. The third-order valence-electron chi connectivity index (χ3n) is 5.15. The summed E-state index contributed by atoms with van der Waals surface area (Å²) in [4.78, 5) is 2.67. The molecule has 0 aromatic heterocycles. The van der Waals surface area contributed by atoms with Gasteiger partial charge in [-0.2, -0.15) is 0 Å². The summed E-state index contributed by atoms with van der Waals surface area (Å²) in [5.41, 5.74) is 1.40. The zero-order chi connectivity index (χ0) is 14.1. The van der Waals surface area contributed by atoms with Gasteiger partial charge in [-0.15, -0.1) is 0 Å². The van der Waals surface area contributed by atoms with Crippen LogP contribution in [0.1, 0.15) is 32.4 Å². The predicted octanol–water partition coefficient (Wildman–Crippen LogP) is 2.69. The molecule has 110 valence electrons. The quantitative estimate of drug-likeness (QED) is 0.913. The lowest BCUT2D eigenvalue weighted by molar-refractivity contribution is 0.182. The molecule has 0 spiro atoms. The lowest BCUT2D eigenvalue weighted by Crippen LogP contribution is -2.35. The average molecular weight is 274 g/mol. The number of rotatable bonds is 4. The second-order valence-corrected chi connectivity index (χ2v) is 6.20. The zero-order valence-electron chi connectivity index (χ0n) is 12.8. The van der Waals surface area contributed by atoms with Crippen molar-refractivity contribution in [3.8, 4) is 5.75 Å². The largest absolute Gasteiger partial charge is 0.494 e. The molecule has 4 atom stereocenters. The third kappa shape index (κ3) is 2.45. The van der Waals surface area contributed by atoms with Crippen molar-refractivity contribution in [1.82, 2.24) is 10.2 Å². The van der Waals surface area contributed by atoms with Crippen LogP contribution in [-0.4, -0.2) is 37.2 Å². The Hall–Kier alpha value is -1.06. The molecular formula is C17H26N2O. The smallest absolute Gasteiger partial charge is 0.119 e. The number of hydrogen-bond donors (Lipinski definition) is 1. The SMILES string of the molecule is CCOc1ccc(C(C)N2CC3CNCC3C2C)cc1. The number of hydrogen-bond acceptors (Lipinski definition) is 3. The van der Waals surface area contributed by atoms with Crippen molar-refractivity contribution in [2.45, 2.75) is 32.9 Å². The van der Waals surface area contributed by atoms with E-state index in [1.165, 1.54) is 25.2 Å². The summed E-state index contributed by atoms with van der Waals surface area (Å²) in [6.07, 6.45) is 0. The highest BCUT2D eigenvalue weighted by molar-refractivity contribution is 5.29. The van der Waals surface area contributed by atoms with E-state index >= 15 is 0 Å². The van der Waals surface area contributed by atoms with Crippen LogP contribution in [0.15, 0.2) is 24.3 Å². The van der Waals surface area contributed by atoms with Crippen molar-refractivity contribution in [2.24, 2.45) is 11.8 Å². The van der Waals surface area contributed by atoms with Crippen LogP contribution in [0.25, 0.3) is 0 Å². The standard InChI is InChI=1S/C17H26N2O/c1-4-20-16-7-5-14(6-8-16)12(2)19-11-15-9-18-10-17(15)13(19)3/h5-8,12-13,15,17-18H,4,9-11H2,1-3H3. The Balaban J connectivity index is 1.70. The first-order valence-corrected chi connectivity index (χ1v) is 7.90. The molecule has 3 heteroatoms. The molecule has 2 saturated heterocycles. The summed E-state index contributed by atoms with van der Waals surface area (Å²) < 4.78 is 5.53. The number of ether oxygens (including phenoxy) is 1. The van der Waals surface area contributed by atoms with Crippen LogP contribution in [0, 0.1) is 11.8 Å². The summed E-state index contributed by atoms with van der Waals surface area (Å²) in [6.45, 7) is 11.1. The highest BCUT2D eigenvalue weighted by Crippen LogP contribution is 2.37. The normalized spacial score (nSPS) is 31.2. The summed E-state index contributed by atoms with van der Waals surface area (Å²) in [6, 6.07) is 9.79. The third-order valence-corrected chi connectivity index (χ3v) is 5.15. The van der Waals surface area contributed by atoms with Gasteiger partial charge >= 0.3 is 0 Å². The van der Waals surface area contributed by atoms with E-state index < -0.39 is 0 Å². The molecule has 3 nitrogen and oxygen atoms in total. The topological polar surface area (TPSA) is 24.5 Å². The maximum absolute atomic E-state index is 5.53. The van der Waals surface area contributed by atoms with Gasteiger partial charge in [0.2, 0.25) is 0 Å². The molecule has 4 unspecified atom stereocenters. The van der Waals surface area contributed by atoms with E-state index in [4.69, 9.17) is 4.74 Å². The van der Waals surface area contributed by atoms with Crippen LogP contribution in [-0.2, 0) is 0 Å². The fourth-order valence-corrected chi connectivity index (χ4v) is 3.91. The lowest BCUT2D eigenvalue weighted by Gasteiger charge is -2.31. The molecule has 1 aromatic carbocycles. The van der Waals surface area contributed by atoms with Crippen molar-refractivity contribution < 1.29 is 4.74 Å². The molecule has 2 aliphatic heterocycles. The van der Waals surface area contributed by atoms with Gasteiger partial charge in [0.25, 0.3) is 0 Å². The van der Waals surface area contributed by atoms with Gasteiger partial charge in [-0.25, -0.2) is 0 Å². The first-order valence-electron chi connectivity index (χ1n) is 7.90. The minimum atomic E-state index is 0.492. The van der Waals surface area contributed by atoms with Gasteiger partial charge in [-0.1, -0.05) is 12.1 Å². The number of benzene rings is 1. The van der Waals surface area contributed by atoms with Gasteiger partial charge in [0.05, 0.1) is 6.61 Å². The Kier molecular flexibility index (Phi) is 3.99. The summed E-state index contributed by atoms with van der Waals surface area (Å²) >= 11 is 0. The van der Waals surface area contributed by atoms with Crippen LogP contribution < -0.4 is 10.1 Å². The van der Waals surface area contributed by atoms with Crippen molar-refractivity contribution in [3.05, 3.63) is 29.8 Å². The van der Waals surface area contributed by atoms with Crippen LogP contribution in [0.3, 0.4) is 0 Å². The summed E-state index contributed by atoms with van der Waals surface area (Å²) in [5, 5.41) is 3.53. The first-order chi connectivity index (χ1) is 9.70. The number of likely N-dealkylation sites (tertiary alicyclic amines) is 1. The van der Waals surface area contributed by atoms with Crippen molar-refractivity contribution in [3.63, 3.8) is 0 Å². The summed E-state index contributed by atoms with van der Waals surface area (Å²) in [5.74, 6) is 2.65. The molecule has 0 saturated carbocycles. The second-order valence-electron chi connectivity index (χ2n) is 6.20. The molecule has 0 bridgehead atoms. The average Bonchev–Trinajstić information content (AvgIpc) is 3.03. The molecule has 3 rings (SSSR count). The van der Waals surface area contributed by atoms with Crippen molar-refractivity contribution in [1.29, 1.82) is 0 Å². The van der Waals surface area contributed by atoms with Crippen LogP contribution >= 0.6 is 0 Å². The highest BCUT2D eigenvalue weighted by Gasteiger charge is 2.43. The van der Waals surface area contributed by atoms with Crippen molar-refractivity contribution >= 4 is 0 Å². The van der Waals surface area contributed by atoms with Gasteiger partial charge in [-0.05, 0) is 63.4 Å². The van der Waals surface area contributed by atoms with E-state index in [1.807, 2.05) is 6.92 Å². The molecule has 0 amide bonds. The predicted molar refractivity (Wildman–Crippen MR) is 82.0 cm³/mol. The highest BCUT2D eigenvalue weighted by atomic mass is 16.5. The van der Waals surface area contributed by atoms with E-state index in [0.717, 1.165) is 24.2 Å². The number of nitrogens with one attached hydrogen (secondary N) is 1. The van der Waals surface area contributed by atoms with Gasteiger partial charge in [0.1, 0.15) is 5.75 Å². The van der Waals surface area contributed by atoms with E-state index in [9.17, 15) is 0 Å². The van der Waals surface area contributed by atoms with Gasteiger partial charge in [0, 0.05) is 18.6 Å². The Labute approximate surface area is 122 Å². The first kappa shape index (κ1) is 13.9. The van der Waals surface area contributed by atoms with E-state index in [-0.39, 0.29) is 0 Å². The van der Waals surface area contributed by atoms with Gasteiger partial charge in [0.15, 0.2) is 0 Å². The van der Waals surface area contributed by atoms with E-state index in [0.29, 0.717) is 12.1 Å². The van der Waals surface area contributed by atoms with Crippen molar-refractivity contribution in [2.75, 3.05) is 26.2 Å². The molecule has 1 aromatic rings. The molecule has 2 aliphatic rings. The van der Waals surface area contributed by atoms with Gasteiger partial charge < -0.3 is 10.1 Å². The molecular weight excluding hydrogens is 248 g/mol. The number of fused-ring (bicyclic) bond motifs is 1. The second kappa shape index (κ2) is 5.74. The fourth-order valence-electron chi connectivity index (χ4n) is 3.91. The lowest BCUT2D eigenvalue weighted by atomic mass is 9.95. The van der Waals surface area contributed by atoms with Crippen LogP contribution in [0.4, 0.5) is 0 Å². The molecule has 2 fully saturated rings. The van der Waals surface area contributed by atoms with Crippen LogP contribution in [0.2, 0.25) is 0 Å². The maximum Gasteiger partial charge on any atom is 0.119 e. The van der Waals surface area contributed by atoms with E-state index in [2.05, 4.69) is 48.3 Å². The maximum atomic E-state index is 5.53. The Morgan fingerprint density at radius 2 is 2.05 bits per heavy atom. The molecule has 2 heterocycles. The minimum absolute atomic E-state index is 0.492. The summed E-state index contributed by atoms with van der Waals surface area (Å²) in [7, 11) is 0. The fraction of sp³-hybridized carbons (Fsp3) is 0.647. The van der Waals surface area contributed by atoms with Gasteiger partial charge in [-0.3, -0.25) is 4.90 Å². The zero-order valence-corrected chi connectivity index (χ0v) is 12.8. The van der Waals surface area contributed by atoms with E-state index in [1.54, 1.807) is 0 Å². The van der Waals surface area contributed by atoms with Crippen LogP contribution in [0.5, 0.6) is 5.75 Å². The minimum Gasteiger partial charge on any atom is -0.494 e. The molecule has 0 aliphatic carbocycles.